The van der Waals surface area contributed by atoms with Crippen LogP contribution < -0.4 is 15.0 Å². The molecule has 0 aromatic heterocycles. The van der Waals surface area contributed by atoms with Crippen molar-refractivity contribution in [3.63, 3.8) is 0 Å². The van der Waals surface area contributed by atoms with Crippen LogP contribution in [0.3, 0.4) is 0 Å². The van der Waals surface area contributed by atoms with E-state index in [2.05, 4.69) is 22.3 Å². The maximum Gasteiger partial charge on any atom is 0.265 e. The van der Waals surface area contributed by atoms with Crippen molar-refractivity contribution < 1.29 is 9.53 Å². The molecule has 1 amide bonds. The van der Waals surface area contributed by atoms with Gasteiger partial charge in [0.25, 0.3) is 5.91 Å². The number of nitrogens with zero attached hydrogens (tertiary/aromatic N) is 1. The van der Waals surface area contributed by atoms with Gasteiger partial charge < -0.3 is 15.0 Å². The maximum absolute atomic E-state index is 12.8. The zero-order valence-corrected chi connectivity index (χ0v) is 16.2. The first kappa shape index (κ1) is 18.4. The minimum atomic E-state index is -0.538. The Morgan fingerprint density at radius 3 is 2.46 bits per heavy atom. The Morgan fingerprint density at radius 2 is 1.71 bits per heavy atom. The van der Waals surface area contributed by atoms with Gasteiger partial charge in [0, 0.05) is 29.9 Å². The summed E-state index contributed by atoms with van der Waals surface area (Å²) >= 11 is 0. The van der Waals surface area contributed by atoms with E-state index < -0.39 is 6.10 Å². The van der Waals surface area contributed by atoms with Crippen LogP contribution in [0.2, 0.25) is 0 Å². The number of nitrogens with one attached hydrogen (secondary N) is 1. The van der Waals surface area contributed by atoms with Crippen molar-refractivity contribution in [3.05, 3.63) is 66.7 Å². The van der Waals surface area contributed by atoms with Gasteiger partial charge in [0.15, 0.2) is 6.10 Å². The molecule has 1 aliphatic heterocycles. The second kappa shape index (κ2) is 8.34. The molecule has 0 saturated carbocycles. The number of anilines is 2. The van der Waals surface area contributed by atoms with Crippen LogP contribution >= 0.6 is 0 Å². The molecule has 1 fully saturated rings. The van der Waals surface area contributed by atoms with Crippen molar-refractivity contribution in [1.29, 1.82) is 0 Å². The van der Waals surface area contributed by atoms with Gasteiger partial charge in [-0.25, -0.2) is 0 Å². The van der Waals surface area contributed by atoms with Crippen LogP contribution in [0.5, 0.6) is 5.75 Å². The molecule has 0 unspecified atom stereocenters. The number of carbonyl (C=O) groups excluding carboxylic acids is 1. The molecule has 0 bridgehead atoms. The molecule has 4 nitrogen and oxygen atoms in total. The van der Waals surface area contributed by atoms with Crippen LogP contribution in [0.25, 0.3) is 10.8 Å². The van der Waals surface area contributed by atoms with Gasteiger partial charge in [0.2, 0.25) is 0 Å². The van der Waals surface area contributed by atoms with Crippen molar-refractivity contribution >= 4 is 28.1 Å². The lowest BCUT2D eigenvalue weighted by Crippen LogP contribution is -2.32. The van der Waals surface area contributed by atoms with E-state index in [1.165, 1.54) is 18.5 Å². The van der Waals surface area contributed by atoms with E-state index in [0.29, 0.717) is 6.42 Å². The SMILES string of the molecule is CC[C@@H](Oc1cccc2ccccc12)C(=O)Nc1ccc(N2CCCC2)cc1. The Morgan fingerprint density at radius 1 is 1.00 bits per heavy atom. The summed E-state index contributed by atoms with van der Waals surface area (Å²) in [5.74, 6) is 0.619. The fourth-order valence-electron chi connectivity index (χ4n) is 3.73. The van der Waals surface area contributed by atoms with E-state index in [1.54, 1.807) is 0 Å². The van der Waals surface area contributed by atoms with Crippen LogP contribution in [-0.2, 0) is 4.79 Å². The van der Waals surface area contributed by atoms with Crippen molar-refractivity contribution in [2.24, 2.45) is 0 Å². The molecule has 3 aromatic carbocycles. The minimum Gasteiger partial charge on any atom is -0.480 e. The average molecular weight is 374 g/mol. The van der Waals surface area contributed by atoms with Crippen LogP contribution in [0.4, 0.5) is 11.4 Å². The third-order valence-electron chi connectivity index (χ3n) is 5.29. The number of ether oxygens (including phenoxy) is 1. The van der Waals surface area contributed by atoms with Crippen molar-refractivity contribution in [1.82, 2.24) is 0 Å². The van der Waals surface area contributed by atoms with Gasteiger partial charge in [-0.15, -0.1) is 0 Å². The fraction of sp³-hybridized carbons (Fsp3) is 0.292. The summed E-state index contributed by atoms with van der Waals surface area (Å²) in [4.78, 5) is 15.2. The molecule has 0 radical (unpaired) electrons. The normalized spacial score (nSPS) is 14.8. The molecule has 4 rings (SSSR count). The van der Waals surface area contributed by atoms with Crippen molar-refractivity contribution in [2.45, 2.75) is 32.3 Å². The van der Waals surface area contributed by atoms with Gasteiger partial charge in [-0.2, -0.15) is 0 Å². The van der Waals surface area contributed by atoms with E-state index in [1.807, 2.05) is 61.5 Å². The summed E-state index contributed by atoms with van der Waals surface area (Å²) in [5, 5.41) is 5.12. The number of hydrogen-bond acceptors (Lipinski definition) is 3. The highest BCUT2D eigenvalue weighted by Crippen LogP contribution is 2.27. The van der Waals surface area contributed by atoms with Gasteiger partial charge in [-0.3, -0.25) is 4.79 Å². The van der Waals surface area contributed by atoms with Crippen molar-refractivity contribution in [2.75, 3.05) is 23.3 Å². The highest BCUT2D eigenvalue weighted by Gasteiger charge is 2.20. The Hall–Kier alpha value is -3.01. The maximum atomic E-state index is 12.8. The summed E-state index contributed by atoms with van der Waals surface area (Å²) in [6.07, 6.45) is 2.56. The van der Waals surface area contributed by atoms with E-state index in [-0.39, 0.29) is 5.91 Å². The molecule has 1 aliphatic rings. The Balaban J connectivity index is 1.45. The summed E-state index contributed by atoms with van der Waals surface area (Å²) in [7, 11) is 0. The fourth-order valence-corrected chi connectivity index (χ4v) is 3.73. The van der Waals surface area contributed by atoms with Gasteiger partial charge in [-0.05, 0) is 55.0 Å². The first-order chi connectivity index (χ1) is 13.7. The summed E-state index contributed by atoms with van der Waals surface area (Å²) < 4.78 is 6.10. The zero-order chi connectivity index (χ0) is 19.3. The molecule has 28 heavy (non-hydrogen) atoms. The standard InChI is InChI=1S/C24H26N2O2/c1-2-22(28-23-11-7-9-18-8-3-4-10-21(18)23)24(27)25-19-12-14-20(15-13-19)26-16-5-6-17-26/h3-4,7-15,22H,2,5-6,16-17H2,1H3,(H,25,27)/t22-/m1/s1. The van der Waals surface area contributed by atoms with E-state index >= 15 is 0 Å². The predicted octanol–water partition coefficient (Wildman–Crippen LogP) is 5.24. The molecule has 3 aromatic rings. The van der Waals surface area contributed by atoms with Gasteiger partial charge >= 0.3 is 0 Å². The Labute approximate surface area is 166 Å². The third-order valence-corrected chi connectivity index (χ3v) is 5.29. The number of rotatable bonds is 6. The smallest absolute Gasteiger partial charge is 0.265 e. The molecule has 1 N–H and O–H groups in total. The van der Waals surface area contributed by atoms with E-state index in [0.717, 1.165) is 35.3 Å². The molecule has 1 heterocycles. The van der Waals surface area contributed by atoms with Crippen LogP contribution in [0, 0.1) is 0 Å². The third kappa shape index (κ3) is 3.96. The lowest BCUT2D eigenvalue weighted by molar-refractivity contribution is -0.122. The monoisotopic (exact) mass is 374 g/mol. The topological polar surface area (TPSA) is 41.6 Å². The number of amides is 1. The minimum absolute atomic E-state index is 0.121. The molecule has 0 spiro atoms. The molecule has 144 valence electrons. The van der Waals surface area contributed by atoms with Crippen LogP contribution in [0.15, 0.2) is 66.7 Å². The average Bonchev–Trinajstić information content (AvgIpc) is 3.27. The second-order valence-corrected chi connectivity index (χ2v) is 7.22. The van der Waals surface area contributed by atoms with Crippen LogP contribution in [-0.4, -0.2) is 25.1 Å². The summed E-state index contributed by atoms with van der Waals surface area (Å²) in [6, 6.07) is 22.1. The molecule has 0 aliphatic carbocycles. The Kier molecular flexibility index (Phi) is 5.47. The molecular formula is C24H26N2O2. The lowest BCUT2D eigenvalue weighted by Gasteiger charge is -2.20. The number of hydrogen-bond donors (Lipinski definition) is 1. The molecule has 1 atom stereocenters. The van der Waals surface area contributed by atoms with E-state index in [4.69, 9.17) is 4.74 Å². The Bertz CT molecular complexity index is 941. The summed E-state index contributed by atoms with van der Waals surface area (Å²) in [5.41, 5.74) is 2.02. The largest absolute Gasteiger partial charge is 0.480 e. The second-order valence-electron chi connectivity index (χ2n) is 7.22. The van der Waals surface area contributed by atoms with Gasteiger partial charge in [0.05, 0.1) is 0 Å². The number of benzene rings is 3. The predicted molar refractivity (Wildman–Crippen MR) is 115 cm³/mol. The van der Waals surface area contributed by atoms with Gasteiger partial charge in [-0.1, -0.05) is 43.3 Å². The quantitative estimate of drug-likeness (QED) is 0.642. The number of fused-ring (bicyclic) bond motifs is 1. The van der Waals surface area contributed by atoms with E-state index in [9.17, 15) is 4.79 Å². The lowest BCUT2D eigenvalue weighted by atomic mass is 10.1. The first-order valence-corrected chi connectivity index (χ1v) is 10.0. The van der Waals surface area contributed by atoms with Crippen molar-refractivity contribution in [3.8, 4) is 5.75 Å². The first-order valence-electron chi connectivity index (χ1n) is 10.0. The molecule has 4 heteroatoms. The molecular weight excluding hydrogens is 348 g/mol. The van der Waals surface area contributed by atoms with Gasteiger partial charge in [0.1, 0.15) is 5.75 Å². The molecule has 1 saturated heterocycles. The highest BCUT2D eigenvalue weighted by molar-refractivity contribution is 5.95. The zero-order valence-electron chi connectivity index (χ0n) is 16.2. The number of carbonyl (C=O) groups is 1. The summed E-state index contributed by atoms with van der Waals surface area (Å²) in [6.45, 7) is 4.19. The van der Waals surface area contributed by atoms with Crippen LogP contribution in [0.1, 0.15) is 26.2 Å². The highest BCUT2D eigenvalue weighted by atomic mass is 16.5.